The van der Waals surface area contributed by atoms with Gasteiger partial charge in [0, 0.05) is 17.2 Å². The van der Waals surface area contributed by atoms with Crippen LogP contribution >= 0.6 is 15.9 Å². The quantitative estimate of drug-likeness (QED) is 0.883. The maximum atomic E-state index is 12.5. The lowest BCUT2D eigenvalue weighted by atomic mass is 9.95. The maximum Gasteiger partial charge on any atom is 0.255 e. The van der Waals surface area contributed by atoms with E-state index in [4.69, 9.17) is 4.74 Å². The highest BCUT2D eigenvalue weighted by atomic mass is 79.9. The first kappa shape index (κ1) is 13.8. The molecular formula is C14H18BrN3O2. The van der Waals surface area contributed by atoms with Crippen LogP contribution in [0, 0.1) is 0 Å². The number of carbonyl (C=O) groups is 1. The number of rotatable bonds is 4. The molecule has 0 aliphatic carbocycles. The molecule has 6 heteroatoms. The SMILES string of the molecule is CCNc1ncc(Br)cc1C(=O)NC1CC2CCC1O2. The van der Waals surface area contributed by atoms with Gasteiger partial charge in [-0.05, 0) is 48.2 Å². The monoisotopic (exact) mass is 339 g/mol. The Hall–Kier alpha value is -1.14. The van der Waals surface area contributed by atoms with E-state index in [-0.39, 0.29) is 18.1 Å². The molecule has 3 atom stereocenters. The molecule has 0 radical (unpaired) electrons. The third-order valence-electron chi connectivity index (χ3n) is 3.87. The summed E-state index contributed by atoms with van der Waals surface area (Å²) in [6.45, 7) is 2.71. The summed E-state index contributed by atoms with van der Waals surface area (Å²) in [7, 11) is 0. The standard InChI is InChI=1S/C14H18BrN3O2/c1-2-16-13-10(5-8(15)7-17-13)14(19)18-11-6-9-3-4-12(11)20-9/h5,7,9,11-12H,2-4,6H2,1H3,(H,16,17)(H,18,19). The van der Waals surface area contributed by atoms with Crippen LogP contribution in [-0.2, 0) is 4.74 Å². The number of pyridine rings is 1. The Bertz CT molecular complexity index is 523. The van der Waals surface area contributed by atoms with Gasteiger partial charge in [-0.2, -0.15) is 0 Å². The van der Waals surface area contributed by atoms with Gasteiger partial charge in [-0.15, -0.1) is 0 Å². The van der Waals surface area contributed by atoms with Crippen LogP contribution in [0.15, 0.2) is 16.7 Å². The molecule has 0 aromatic carbocycles. The number of amides is 1. The molecule has 0 spiro atoms. The van der Waals surface area contributed by atoms with Crippen LogP contribution in [0.3, 0.4) is 0 Å². The zero-order valence-electron chi connectivity index (χ0n) is 11.4. The molecule has 108 valence electrons. The fourth-order valence-corrected chi connectivity index (χ4v) is 3.29. The van der Waals surface area contributed by atoms with Gasteiger partial charge in [0.2, 0.25) is 0 Å². The van der Waals surface area contributed by atoms with E-state index in [2.05, 4.69) is 31.5 Å². The largest absolute Gasteiger partial charge is 0.373 e. The summed E-state index contributed by atoms with van der Waals surface area (Å²) in [5.41, 5.74) is 0.573. The fourth-order valence-electron chi connectivity index (χ4n) is 2.96. The van der Waals surface area contributed by atoms with E-state index in [0.29, 0.717) is 17.5 Å². The Balaban J connectivity index is 1.74. The molecule has 3 heterocycles. The van der Waals surface area contributed by atoms with Gasteiger partial charge in [0.15, 0.2) is 0 Å². The van der Waals surface area contributed by atoms with Crippen LogP contribution in [0.25, 0.3) is 0 Å². The van der Waals surface area contributed by atoms with Crippen LogP contribution in [-0.4, -0.2) is 35.7 Å². The molecule has 2 saturated heterocycles. The van der Waals surface area contributed by atoms with Crippen LogP contribution in [0.2, 0.25) is 0 Å². The first-order chi connectivity index (χ1) is 9.67. The van der Waals surface area contributed by atoms with Gasteiger partial charge < -0.3 is 15.4 Å². The fraction of sp³-hybridized carbons (Fsp3) is 0.571. The molecule has 2 aliphatic rings. The summed E-state index contributed by atoms with van der Waals surface area (Å²) in [4.78, 5) is 16.7. The van der Waals surface area contributed by atoms with Crippen LogP contribution in [0.5, 0.6) is 0 Å². The third-order valence-corrected chi connectivity index (χ3v) is 4.30. The lowest BCUT2D eigenvalue weighted by Gasteiger charge is -2.20. The van der Waals surface area contributed by atoms with E-state index in [0.717, 1.165) is 30.3 Å². The van der Waals surface area contributed by atoms with Gasteiger partial charge in [-0.1, -0.05) is 0 Å². The molecule has 20 heavy (non-hydrogen) atoms. The molecular weight excluding hydrogens is 322 g/mol. The average molecular weight is 340 g/mol. The second-order valence-electron chi connectivity index (χ2n) is 5.27. The first-order valence-corrected chi connectivity index (χ1v) is 7.82. The minimum absolute atomic E-state index is 0.0871. The molecule has 1 aromatic heterocycles. The first-order valence-electron chi connectivity index (χ1n) is 7.03. The lowest BCUT2D eigenvalue weighted by Crippen LogP contribution is -2.41. The van der Waals surface area contributed by atoms with Crippen molar-refractivity contribution in [1.29, 1.82) is 0 Å². The highest BCUT2D eigenvalue weighted by molar-refractivity contribution is 9.10. The van der Waals surface area contributed by atoms with Gasteiger partial charge in [-0.3, -0.25) is 4.79 Å². The Labute approximate surface area is 126 Å². The third kappa shape index (κ3) is 2.67. The normalized spacial score (nSPS) is 27.6. The number of anilines is 1. The molecule has 1 amide bonds. The molecule has 3 unspecified atom stereocenters. The van der Waals surface area contributed by atoms with E-state index in [1.54, 1.807) is 12.3 Å². The van der Waals surface area contributed by atoms with Gasteiger partial charge >= 0.3 is 0 Å². The number of nitrogens with zero attached hydrogens (tertiary/aromatic N) is 1. The lowest BCUT2D eigenvalue weighted by molar-refractivity contribution is 0.0841. The minimum Gasteiger partial charge on any atom is -0.373 e. The molecule has 5 nitrogen and oxygen atoms in total. The molecule has 2 aliphatic heterocycles. The number of ether oxygens (including phenoxy) is 1. The predicted molar refractivity (Wildman–Crippen MR) is 79.9 cm³/mol. The van der Waals surface area contributed by atoms with Gasteiger partial charge in [-0.25, -0.2) is 4.98 Å². The second kappa shape index (κ2) is 5.69. The van der Waals surface area contributed by atoms with Gasteiger partial charge in [0.25, 0.3) is 5.91 Å². The molecule has 2 fully saturated rings. The molecule has 0 saturated carbocycles. The molecule has 3 rings (SSSR count). The Morgan fingerprint density at radius 1 is 1.55 bits per heavy atom. The van der Waals surface area contributed by atoms with Crippen molar-refractivity contribution < 1.29 is 9.53 Å². The zero-order chi connectivity index (χ0) is 14.1. The Kier molecular flexibility index (Phi) is 3.94. The second-order valence-corrected chi connectivity index (χ2v) is 6.19. The van der Waals surface area contributed by atoms with Crippen molar-refractivity contribution in [3.05, 3.63) is 22.3 Å². The van der Waals surface area contributed by atoms with Crippen molar-refractivity contribution in [2.75, 3.05) is 11.9 Å². The molecule has 2 N–H and O–H groups in total. The summed E-state index contributed by atoms with van der Waals surface area (Å²) in [5.74, 6) is 0.535. The number of hydrogen-bond acceptors (Lipinski definition) is 4. The van der Waals surface area contributed by atoms with E-state index in [1.165, 1.54) is 0 Å². The number of carbonyl (C=O) groups excluding carboxylic acids is 1. The van der Waals surface area contributed by atoms with Crippen molar-refractivity contribution in [3.8, 4) is 0 Å². The van der Waals surface area contributed by atoms with E-state index in [9.17, 15) is 4.79 Å². The Morgan fingerprint density at radius 3 is 3.05 bits per heavy atom. The highest BCUT2D eigenvalue weighted by Crippen LogP contribution is 2.34. The number of halogens is 1. The summed E-state index contributed by atoms with van der Waals surface area (Å²) in [6.07, 6.45) is 5.31. The minimum atomic E-state index is -0.0871. The number of fused-ring (bicyclic) bond motifs is 2. The maximum absolute atomic E-state index is 12.5. The summed E-state index contributed by atoms with van der Waals surface area (Å²) < 4.78 is 6.57. The van der Waals surface area contributed by atoms with Crippen molar-refractivity contribution in [1.82, 2.24) is 10.3 Å². The number of nitrogens with one attached hydrogen (secondary N) is 2. The predicted octanol–water partition coefficient (Wildman–Crippen LogP) is 2.33. The highest BCUT2D eigenvalue weighted by Gasteiger charge is 2.41. The molecule has 2 bridgehead atoms. The number of aromatic nitrogens is 1. The van der Waals surface area contributed by atoms with Crippen LogP contribution < -0.4 is 10.6 Å². The van der Waals surface area contributed by atoms with Crippen molar-refractivity contribution in [2.45, 2.75) is 44.4 Å². The van der Waals surface area contributed by atoms with Crippen molar-refractivity contribution in [3.63, 3.8) is 0 Å². The smallest absolute Gasteiger partial charge is 0.255 e. The Morgan fingerprint density at radius 2 is 2.40 bits per heavy atom. The van der Waals surface area contributed by atoms with Gasteiger partial charge in [0.05, 0.1) is 23.8 Å². The van der Waals surface area contributed by atoms with Crippen LogP contribution in [0.1, 0.15) is 36.5 Å². The summed E-state index contributed by atoms with van der Waals surface area (Å²) >= 11 is 3.37. The van der Waals surface area contributed by atoms with E-state index >= 15 is 0 Å². The van der Waals surface area contributed by atoms with Gasteiger partial charge in [0.1, 0.15) is 5.82 Å². The van der Waals surface area contributed by atoms with E-state index in [1.807, 2.05) is 6.92 Å². The zero-order valence-corrected chi connectivity index (χ0v) is 12.9. The molecule has 1 aromatic rings. The van der Waals surface area contributed by atoms with E-state index < -0.39 is 0 Å². The average Bonchev–Trinajstić information content (AvgIpc) is 3.03. The topological polar surface area (TPSA) is 63.2 Å². The van der Waals surface area contributed by atoms with Crippen molar-refractivity contribution >= 4 is 27.7 Å². The van der Waals surface area contributed by atoms with Crippen LogP contribution in [0.4, 0.5) is 5.82 Å². The summed E-state index contributed by atoms with van der Waals surface area (Å²) in [6, 6.07) is 1.93. The number of hydrogen-bond donors (Lipinski definition) is 2. The van der Waals surface area contributed by atoms with Crippen molar-refractivity contribution in [2.24, 2.45) is 0 Å². The summed E-state index contributed by atoms with van der Waals surface area (Å²) in [5, 5.41) is 6.21.